The third kappa shape index (κ3) is 5.19. The number of methoxy groups -OCH3 is 1. The van der Waals surface area contributed by atoms with Crippen molar-refractivity contribution in [2.45, 2.75) is 25.8 Å². The summed E-state index contributed by atoms with van der Waals surface area (Å²) in [6, 6.07) is -0.357. The molecule has 1 atom stereocenters. The van der Waals surface area contributed by atoms with Crippen LogP contribution in [-0.4, -0.2) is 31.6 Å². The van der Waals surface area contributed by atoms with E-state index < -0.39 is 5.91 Å². The van der Waals surface area contributed by atoms with Crippen molar-refractivity contribution >= 4 is 11.9 Å². The van der Waals surface area contributed by atoms with E-state index >= 15 is 0 Å². The van der Waals surface area contributed by atoms with E-state index in [1.807, 2.05) is 6.92 Å². The van der Waals surface area contributed by atoms with Crippen LogP contribution in [0.3, 0.4) is 0 Å². The van der Waals surface area contributed by atoms with Crippen LogP contribution >= 0.6 is 0 Å². The van der Waals surface area contributed by atoms with E-state index in [9.17, 15) is 9.59 Å². The maximum Gasteiger partial charge on any atom is 0.306 e. The van der Waals surface area contributed by atoms with Gasteiger partial charge in [0.05, 0.1) is 19.6 Å². The molecule has 3 N–H and O–H groups in total. The van der Waals surface area contributed by atoms with Gasteiger partial charge in [-0.2, -0.15) is 0 Å². The largest absolute Gasteiger partial charge is 0.469 e. The number of carbonyl (C=O) groups excluding carboxylic acids is 2. The van der Waals surface area contributed by atoms with Crippen LogP contribution in [0, 0.1) is 0 Å². The molecule has 0 aromatic carbocycles. The summed E-state index contributed by atoms with van der Waals surface area (Å²) in [5, 5.41) is 2.86. The number of primary amides is 1. The highest BCUT2D eigenvalue weighted by atomic mass is 16.5. The Bertz CT molecular complexity index is 182. The Kier molecular flexibility index (Phi) is 5.88. The standard InChI is InChI=1S/C8H16N2O3/c1-3-6(8(9)12)10-5-4-7(11)13-2/h6,10H,3-5H2,1-2H3,(H2,9,12). The van der Waals surface area contributed by atoms with Crippen molar-refractivity contribution in [1.82, 2.24) is 5.32 Å². The van der Waals surface area contributed by atoms with Gasteiger partial charge >= 0.3 is 5.97 Å². The SMILES string of the molecule is CCC(NCCC(=O)OC)C(N)=O. The van der Waals surface area contributed by atoms with Crippen LogP contribution in [0.2, 0.25) is 0 Å². The molecule has 0 saturated heterocycles. The minimum Gasteiger partial charge on any atom is -0.469 e. The van der Waals surface area contributed by atoms with Crippen LogP contribution < -0.4 is 11.1 Å². The van der Waals surface area contributed by atoms with Crippen LogP contribution in [0.15, 0.2) is 0 Å². The number of rotatable bonds is 6. The van der Waals surface area contributed by atoms with Gasteiger partial charge in [-0.3, -0.25) is 9.59 Å². The molecule has 0 saturated carbocycles. The fourth-order valence-electron chi connectivity index (χ4n) is 0.897. The van der Waals surface area contributed by atoms with Gasteiger partial charge in [-0.1, -0.05) is 6.92 Å². The highest BCUT2D eigenvalue weighted by Crippen LogP contribution is 1.90. The lowest BCUT2D eigenvalue weighted by atomic mass is 10.2. The average molecular weight is 188 g/mol. The van der Waals surface area contributed by atoms with E-state index in [0.29, 0.717) is 13.0 Å². The Labute approximate surface area is 77.6 Å². The molecule has 0 rings (SSSR count). The summed E-state index contributed by atoms with van der Waals surface area (Å²) in [5.74, 6) is -0.695. The van der Waals surface area contributed by atoms with Gasteiger partial charge in [0.2, 0.25) is 5.91 Å². The molecular weight excluding hydrogens is 172 g/mol. The van der Waals surface area contributed by atoms with Gasteiger partial charge in [0.25, 0.3) is 0 Å². The monoisotopic (exact) mass is 188 g/mol. The van der Waals surface area contributed by atoms with Crippen molar-refractivity contribution in [2.75, 3.05) is 13.7 Å². The predicted molar refractivity (Wildman–Crippen MR) is 47.9 cm³/mol. The van der Waals surface area contributed by atoms with Crippen LogP contribution in [0.25, 0.3) is 0 Å². The molecule has 0 aliphatic heterocycles. The Morgan fingerprint density at radius 1 is 1.54 bits per heavy atom. The average Bonchev–Trinajstić information content (AvgIpc) is 2.11. The first-order chi connectivity index (χ1) is 6.11. The number of ether oxygens (including phenoxy) is 1. The van der Waals surface area contributed by atoms with Crippen LogP contribution in [-0.2, 0) is 14.3 Å². The zero-order valence-electron chi connectivity index (χ0n) is 8.00. The fourth-order valence-corrected chi connectivity index (χ4v) is 0.897. The Balaban J connectivity index is 3.61. The minimum absolute atomic E-state index is 0.250. The van der Waals surface area contributed by atoms with Gasteiger partial charge in [-0.25, -0.2) is 0 Å². The summed E-state index contributed by atoms with van der Waals surface area (Å²) in [6.45, 7) is 2.26. The molecule has 0 fully saturated rings. The molecule has 0 spiro atoms. The highest BCUT2D eigenvalue weighted by molar-refractivity contribution is 5.79. The molecule has 5 nitrogen and oxygen atoms in total. The van der Waals surface area contributed by atoms with Gasteiger partial charge in [0.15, 0.2) is 0 Å². The molecule has 0 aromatic rings. The van der Waals surface area contributed by atoms with Crippen molar-refractivity contribution in [3.05, 3.63) is 0 Å². The molecule has 0 aromatic heterocycles. The fraction of sp³-hybridized carbons (Fsp3) is 0.750. The summed E-state index contributed by atoms with van der Waals surface area (Å²) in [4.78, 5) is 21.4. The summed E-state index contributed by atoms with van der Waals surface area (Å²) < 4.78 is 4.43. The molecule has 0 bridgehead atoms. The summed E-state index contributed by atoms with van der Waals surface area (Å²) in [7, 11) is 1.33. The molecule has 1 amide bonds. The summed E-state index contributed by atoms with van der Waals surface area (Å²) in [6.07, 6.45) is 0.872. The maximum atomic E-state index is 10.7. The predicted octanol–water partition coefficient (Wildman–Crippen LogP) is -0.597. The first kappa shape index (κ1) is 11.9. The first-order valence-corrected chi connectivity index (χ1v) is 4.21. The van der Waals surface area contributed by atoms with Gasteiger partial charge < -0.3 is 15.8 Å². The second-order valence-corrected chi connectivity index (χ2v) is 2.64. The van der Waals surface area contributed by atoms with Crippen molar-refractivity contribution in [1.29, 1.82) is 0 Å². The lowest BCUT2D eigenvalue weighted by Crippen LogP contribution is -2.41. The molecule has 1 unspecified atom stereocenters. The molecule has 0 radical (unpaired) electrons. The minimum atomic E-state index is -0.396. The second kappa shape index (κ2) is 6.42. The van der Waals surface area contributed by atoms with Gasteiger partial charge in [-0.15, -0.1) is 0 Å². The zero-order valence-corrected chi connectivity index (χ0v) is 8.00. The first-order valence-electron chi connectivity index (χ1n) is 4.21. The van der Waals surface area contributed by atoms with Gasteiger partial charge in [-0.05, 0) is 6.42 Å². The number of hydrogen-bond donors (Lipinski definition) is 2. The molecule has 13 heavy (non-hydrogen) atoms. The maximum absolute atomic E-state index is 10.7. The number of nitrogens with two attached hydrogens (primary N) is 1. The quantitative estimate of drug-likeness (QED) is 0.545. The molecular formula is C8H16N2O3. The van der Waals surface area contributed by atoms with Crippen molar-refractivity contribution in [2.24, 2.45) is 5.73 Å². The molecule has 5 heteroatoms. The van der Waals surface area contributed by atoms with E-state index in [0.717, 1.165) is 0 Å². The van der Waals surface area contributed by atoms with E-state index in [1.54, 1.807) is 0 Å². The Hall–Kier alpha value is -1.10. The number of amides is 1. The van der Waals surface area contributed by atoms with Gasteiger partial charge in [0.1, 0.15) is 0 Å². The molecule has 0 heterocycles. The lowest BCUT2D eigenvalue weighted by Gasteiger charge is -2.11. The third-order valence-electron chi connectivity index (χ3n) is 1.70. The third-order valence-corrected chi connectivity index (χ3v) is 1.70. The van der Waals surface area contributed by atoms with E-state index in [4.69, 9.17) is 5.73 Å². The highest BCUT2D eigenvalue weighted by Gasteiger charge is 2.11. The number of hydrogen-bond acceptors (Lipinski definition) is 4. The van der Waals surface area contributed by atoms with Crippen LogP contribution in [0.1, 0.15) is 19.8 Å². The van der Waals surface area contributed by atoms with Crippen molar-refractivity contribution < 1.29 is 14.3 Å². The van der Waals surface area contributed by atoms with Crippen molar-refractivity contribution in [3.63, 3.8) is 0 Å². The van der Waals surface area contributed by atoms with E-state index in [2.05, 4.69) is 10.1 Å². The van der Waals surface area contributed by atoms with Crippen molar-refractivity contribution in [3.8, 4) is 0 Å². The summed E-state index contributed by atoms with van der Waals surface area (Å²) >= 11 is 0. The zero-order chi connectivity index (χ0) is 10.3. The second-order valence-electron chi connectivity index (χ2n) is 2.64. The number of carbonyl (C=O) groups is 2. The normalized spacial score (nSPS) is 12.2. The summed E-state index contributed by atoms with van der Waals surface area (Å²) in [5.41, 5.74) is 5.08. The van der Waals surface area contributed by atoms with E-state index in [-0.39, 0.29) is 18.4 Å². The van der Waals surface area contributed by atoms with E-state index in [1.165, 1.54) is 7.11 Å². The molecule has 0 aliphatic carbocycles. The topological polar surface area (TPSA) is 81.4 Å². The number of nitrogens with one attached hydrogen (secondary N) is 1. The number of esters is 1. The molecule has 0 aliphatic rings. The van der Waals surface area contributed by atoms with Crippen LogP contribution in [0.4, 0.5) is 0 Å². The molecule has 76 valence electrons. The van der Waals surface area contributed by atoms with Crippen LogP contribution in [0.5, 0.6) is 0 Å². The van der Waals surface area contributed by atoms with Gasteiger partial charge in [0, 0.05) is 6.54 Å². The Morgan fingerprint density at radius 2 is 2.15 bits per heavy atom. The smallest absolute Gasteiger partial charge is 0.306 e. The Morgan fingerprint density at radius 3 is 2.54 bits per heavy atom. The lowest BCUT2D eigenvalue weighted by molar-refractivity contribution is -0.140.